The van der Waals surface area contributed by atoms with Crippen molar-refractivity contribution < 1.29 is 42.2 Å². The van der Waals surface area contributed by atoms with Crippen LogP contribution in [0.3, 0.4) is 0 Å². The molecule has 0 aliphatic carbocycles. The first-order valence-electron chi connectivity index (χ1n) is 17.2. The Bertz CT molecular complexity index is 2110. The number of pyridine rings is 2. The molecular formula is C37H41N7O9S. The van der Waals surface area contributed by atoms with Crippen molar-refractivity contribution >= 4 is 45.5 Å². The number of aliphatic carboxylic acids is 1. The summed E-state index contributed by atoms with van der Waals surface area (Å²) in [5.41, 5.74) is 3.47. The molecule has 0 bridgehead atoms. The molecule has 2 fully saturated rings. The van der Waals surface area contributed by atoms with E-state index in [0.717, 1.165) is 12.0 Å². The molecule has 54 heavy (non-hydrogen) atoms. The van der Waals surface area contributed by atoms with Crippen molar-refractivity contribution in [3.63, 3.8) is 0 Å². The molecule has 0 atom stereocenters. The van der Waals surface area contributed by atoms with Gasteiger partial charge in [0.2, 0.25) is 15.9 Å². The van der Waals surface area contributed by atoms with Gasteiger partial charge in [-0.2, -0.15) is 10.5 Å². The maximum Gasteiger partial charge on any atom is 0.340 e. The molecule has 2 N–H and O–H groups in total. The van der Waals surface area contributed by atoms with E-state index in [1.807, 2.05) is 31.2 Å². The van der Waals surface area contributed by atoms with Gasteiger partial charge in [0.15, 0.2) is 0 Å². The predicted octanol–water partition coefficient (Wildman–Crippen LogP) is 3.04. The van der Waals surface area contributed by atoms with Gasteiger partial charge in [-0.3, -0.25) is 14.3 Å². The van der Waals surface area contributed by atoms with E-state index in [2.05, 4.69) is 14.7 Å². The number of amides is 1. The van der Waals surface area contributed by atoms with E-state index in [0.29, 0.717) is 41.7 Å². The molecule has 1 aromatic carbocycles. The van der Waals surface area contributed by atoms with E-state index in [1.165, 1.54) is 12.1 Å². The number of hydrogen-bond acceptors (Lipinski definition) is 14. The molecule has 2 aliphatic rings. The smallest absolute Gasteiger partial charge is 0.340 e. The molecule has 2 saturated heterocycles. The van der Waals surface area contributed by atoms with Gasteiger partial charge in [-0.25, -0.2) is 28.0 Å². The summed E-state index contributed by atoms with van der Waals surface area (Å²) in [5, 5.41) is 27.6. The standard InChI is InChI=1S/C23H26N4O5S.C14H15N3O4/c1-4-16-6-8-17(9-7-16)14-33(30,31)26-22(28)19-12-27(13-19)21-18(11-24)10-20(15(3)25-21)23(29)32-5-2;1-3-21-14(20)11-4-9(5-15)12(16-8(11)2)17-6-10(7-17)13(18)19/h6-10,19H,4-5,12-14H2,1-3H3,(H,26,28);4,10H,3,6-7H2,1-2H3,(H,18,19). The Morgan fingerprint density at radius 2 is 1.22 bits per heavy atom. The van der Waals surface area contributed by atoms with Crippen molar-refractivity contribution in [1.82, 2.24) is 14.7 Å². The second-order valence-corrected chi connectivity index (χ2v) is 14.3. The molecule has 5 rings (SSSR count). The van der Waals surface area contributed by atoms with E-state index in [-0.39, 0.29) is 54.3 Å². The topological polar surface area (TPSA) is 233 Å². The average molecular weight is 760 g/mol. The monoisotopic (exact) mass is 759 g/mol. The molecule has 0 radical (unpaired) electrons. The zero-order valence-corrected chi connectivity index (χ0v) is 31.4. The van der Waals surface area contributed by atoms with Gasteiger partial charge in [0.25, 0.3) is 0 Å². The minimum atomic E-state index is -3.83. The number of rotatable bonds is 12. The Kier molecular flexibility index (Phi) is 13.3. The van der Waals surface area contributed by atoms with Gasteiger partial charge in [-0.15, -0.1) is 0 Å². The van der Waals surface area contributed by atoms with E-state index >= 15 is 0 Å². The van der Waals surface area contributed by atoms with Crippen molar-refractivity contribution in [2.75, 3.05) is 49.2 Å². The van der Waals surface area contributed by atoms with Gasteiger partial charge in [-0.05, 0) is 57.4 Å². The van der Waals surface area contributed by atoms with E-state index in [4.69, 9.17) is 14.6 Å². The van der Waals surface area contributed by atoms with Gasteiger partial charge in [0.05, 0.1) is 64.4 Å². The molecule has 2 aromatic heterocycles. The van der Waals surface area contributed by atoms with Crippen LogP contribution in [0.15, 0.2) is 36.4 Å². The van der Waals surface area contributed by atoms with E-state index in [1.54, 1.807) is 49.6 Å². The zero-order chi connectivity index (χ0) is 39.7. The summed E-state index contributed by atoms with van der Waals surface area (Å²) in [5.74, 6) is -3.03. The van der Waals surface area contributed by atoms with Gasteiger partial charge in [-0.1, -0.05) is 31.2 Å². The summed E-state index contributed by atoms with van der Waals surface area (Å²) in [6.07, 6.45) is 0.857. The number of sulfonamides is 1. The summed E-state index contributed by atoms with van der Waals surface area (Å²) in [7, 11) is -3.83. The summed E-state index contributed by atoms with van der Waals surface area (Å²) in [6, 6.07) is 14.1. The number of carbonyl (C=O) groups excluding carboxylic acids is 3. The second kappa shape index (κ2) is 17.6. The van der Waals surface area contributed by atoms with Crippen LogP contribution in [-0.2, 0) is 41.3 Å². The number of anilines is 2. The van der Waals surface area contributed by atoms with Crippen molar-refractivity contribution in [1.29, 1.82) is 10.5 Å². The van der Waals surface area contributed by atoms with Crippen molar-refractivity contribution in [2.45, 2.75) is 46.8 Å². The third-order valence-corrected chi connectivity index (χ3v) is 9.97. The van der Waals surface area contributed by atoms with Crippen LogP contribution in [0.5, 0.6) is 0 Å². The fourth-order valence-corrected chi connectivity index (χ4v) is 6.83. The molecule has 2 aliphatic heterocycles. The number of nitrogens with one attached hydrogen (secondary N) is 1. The van der Waals surface area contributed by atoms with Crippen LogP contribution >= 0.6 is 0 Å². The van der Waals surface area contributed by atoms with Crippen LogP contribution in [0, 0.1) is 48.3 Å². The van der Waals surface area contributed by atoms with Gasteiger partial charge in [0, 0.05) is 26.2 Å². The molecule has 17 heteroatoms. The fraction of sp³-hybridized carbons (Fsp3) is 0.405. The molecular weight excluding hydrogens is 719 g/mol. The average Bonchev–Trinajstić information content (AvgIpc) is 3.07. The Morgan fingerprint density at radius 3 is 1.61 bits per heavy atom. The summed E-state index contributed by atoms with van der Waals surface area (Å²) in [4.78, 5) is 59.2. The maximum atomic E-state index is 12.5. The first-order chi connectivity index (χ1) is 25.6. The maximum absolute atomic E-state index is 12.5. The summed E-state index contributed by atoms with van der Waals surface area (Å²) in [6.45, 7) is 10.2. The quantitative estimate of drug-likeness (QED) is 0.253. The Morgan fingerprint density at radius 1 is 0.796 bits per heavy atom. The minimum absolute atomic E-state index is 0.186. The number of carboxylic acids is 1. The fourth-order valence-electron chi connectivity index (χ4n) is 5.65. The van der Waals surface area contributed by atoms with Crippen molar-refractivity contribution in [3.8, 4) is 12.1 Å². The van der Waals surface area contributed by atoms with Crippen molar-refractivity contribution in [3.05, 3.63) is 81.2 Å². The lowest BCUT2D eigenvalue weighted by Gasteiger charge is -2.39. The van der Waals surface area contributed by atoms with E-state index in [9.17, 15) is 38.1 Å². The number of aryl methyl sites for hydroxylation is 3. The number of nitriles is 2. The molecule has 0 unspecified atom stereocenters. The lowest BCUT2D eigenvalue weighted by atomic mass is 9.98. The number of esters is 2. The minimum Gasteiger partial charge on any atom is -0.481 e. The largest absolute Gasteiger partial charge is 0.481 e. The first-order valence-corrected chi connectivity index (χ1v) is 18.8. The highest BCUT2D eigenvalue weighted by molar-refractivity contribution is 7.89. The molecule has 0 spiro atoms. The third-order valence-electron chi connectivity index (χ3n) is 8.74. The molecule has 0 saturated carbocycles. The molecule has 4 heterocycles. The highest BCUT2D eigenvalue weighted by Crippen LogP contribution is 2.29. The molecule has 3 aromatic rings. The van der Waals surface area contributed by atoms with Crippen LogP contribution in [0.25, 0.3) is 0 Å². The van der Waals surface area contributed by atoms with Gasteiger partial charge >= 0.3 is 17.9 Å². The molecule has 1 amide bonds. The van der Waals surface area contributed by atoms with Gasteiger partial charge in [0.1, 0.15) is 23.8 Å². The number of aromatic nitrogens is 2. The lowest BCUT2D eigenvalue weighted by molar-refractivity contribution is -0.142. The highest BCUT2D eigenvalue weighted by Gasteiger charge is 2.37. The van der Waals surface area contributed by atoms with Crippen LogP contribution in [0.2, 0.25) is 0 Å². The number of ether oxygens (including phenoxy) is 2. The third kappa shape index (κ3) is 9.67. The van der Waals surface area contributed by atoms with Gasteiger partial charge < -0.3 is 24.4 Å². The van der Waals surface area contributed by atoms with E-state index < -0.39 is 45.7 Å². The number of hydrogen-bond donors (Lipinski definition) is 2. The number of carbonyl (C=O) groups is 4. The number of nitrogens with zero attached hydrogens (tertiary/aromatic N) is 6. The van der Waals surface area contributed by atoms with Crippen molar-refractivity contribution in [2.24, 2.45) is 11.8 Å². The summed E-state index contributed by atoms with van der Waals surface area (Å²) < 4.78 is 36.9. The van der Waals surface area contributed by atoms with Crippen LogP contribution < -0.4 is 14.5 Å². The lowest BCUT2D eigenvalue weighted by Crippen LogP contribution is -2.55. The van der Waals surface area contributed by atoms with Crippen LogP contribution in [0.4, 0.5) is 11.6 Å². The number of carboxylic acid groups (broad SMARTS) is 1. The Hall–Kier alpha value is -6.07. The highest BCUT2D eigenvalue weighted by atomic mass is 32.2. The molecule has 16 nitrogen and oxygen atoms in total. The number of benzene rings is 1. The Labute approximate surface area is 313 Å². The Balaban J connectivity index is 0.000000266. The SMILES string of the molecule is CCOC(=O)c1cc(C#N)c(N2CC(C(=O)NS(=O)(=O)Cc3ccc(CC)cc3)C2)nc1C.CCOC(=O)c1cc(C#N)c(N2CC(C(=O)O)C2)nc1C. The van der Waals surface area contributed by atoms with Crippen LogP contribution in [-0.4, -0.2) is 86.7 Å². The zero-order valence-electron chi connectivity index (χ0n) is 30.6. The molecule has 284 valence electrons. The first kappa shape index (κ1) is 40.7. The summed E-state index contributed by atoms with van der Waals surface area (Å²) >= 11 is 0. The predicted molar refractivity (Wildman–Crippen MR) is 195 cm³/mol. The normalized spacial score (nSPS) is 13.9. The second-order valence-electron chi connectivity index (χ2n) is 12.6. The van der Waals surface area contributed by atoms with Crippen LogP contribution in [0.1, 0.15) is 75.1 Å².